The Kier molecular flexibility index (Phi) is 5.66. The van der Waals surface area contributed by atoms with Crippen molar-refractivity contribution in [2.75, 3.05) is 31.6 Å². The summed E-state index contributed by atoms with van der Waals surface area (Å²) in [7, 11) is 0. The van der Waals surface area contributed by atoms with Crippen molar-refractivity contribution in [1.82, 2.24) is 10.2 Å². The molecule has 2 aromatic rings. The van der Waals surface area contributed by atoms with Crippen LogP contribution in [-0.2, 0) is 9.53 Å². The van der Waals surface area contributed by atoms with E-state index in [1.54, 1.807) is 6.07 Å². The van der Waals surface area contributed by atoms with Crippen molar-refractivity contribution in [2.24, 2.45) is 0 Å². The van der Waals surface area contributed by atoms with E-state index in [2.05, 4.69) is 15.5 Å². The van der Waals surface area contributed by atoms with E-state index in [1.807, 2.05) is 49.4 Å². The number of hydrogen-bond donors (Lipinski definition) is 2. The van der Waals surface area contributed by atoms with Crippen molar-refractivity contribution < 1.29 is 14.3 Å². The number of nitrogens with one attached hydrogen (secondary N) is 2. The second kappa shape index (κ2) is 8.34. The topological polar surface area (TPSA) is 70.7 Å². The van der Waals surface area contributed by atoms with Crippen molar-refractivity contribution >= 4 is 29.3 Å². The Morgan fingerprint density at radius 3 is 2.71 bits per heavy atom. The third-order valence-electron chi connectivity index (χ3n) is 4.99. The first-order chi connectivity index (χ1) is 13.6. The first kappa shape index (κ1) is 19.0. The highest BCUT2D eigenvalue weighted by molar-refractivity contribution is 8.00. The second-order valence-corrected chi connectivity index (χ2v) is 8.05. The summed E-state index contributed by atoms with van der Waals surface area (Å²) in [5, 5.41) is 5.72. The van der Waals surface area contributed by atoms with Gasteiger partial charge in [-0.1, -0.05) is 42.1 Å². The molecule has 28 heavy (non-hydrogen) atoms. The fourth-order valence-electron chi connectivity index (χ4n) is 3.40. The Labute approximate surface area is 168 Å². The molecular formula is C21H23N3O3S. The molecule has 7 heteroatoms. The molecule has 0 saturated carbocycles. The SMILES string of the molecule is C[C@H](NC(=O)c1ccc2c(c1)NC(=O)[C@H](N1CCOCC1)S2)c1ccccc1. The van der Waals surface area contributed by atoms with Gasteiger partial charge in [0.1, 0.15) is 5.37 Å². The number of fused-ring (bicyclic) bond motifs is 1. The number of thioether (sulfide) groups is 1. The van der Waals surface area contributed by atoms with Crippen LogP contribution in [0.2, 0.25) is 0 Å². The van der Waals surface area contributed by atoms with Crippen LogP contribution < -0.4 is 10.6 Å². The van der Waals surface area contributed by atoms with Gasteiger partial charge < -0.3 is 15.4 Å². The van der Waals surface area contributed by atoms with Gasteiger partial charge in [-0.2, -0.15) is 0 Å². The quantitative estimate of drug-likeness (QED) is 0.830. The molecule has 2 amide bonds. The predicted octanol–water partition coefficient (Wildman–Crippen LogP) is 2.88. The van der Waals surface area contributed by atoms with E-state index in [-0.39, 0.29) is 23.2 Å². The van der Waals surface area contributed by atoms with E-state index in [0.29, 0.717) is 24.5 Å². The van der Waals surface area contributed by atoms with Gasteiger partial charge in [0, 0.05) is 23.5 Å². The summed E-state index contributed by atoms with van der Waals surface area (Å²) in [5.74, 6) is -0.205. The van der Waals surface area contributed by atoms with Crippen LogP contribution in [0.3, 0.4) is 0 Å². The zero-order valence-electron chi connectivity index (χ0n) is 15.7. The lowest BCUT2D eigenvalue weighted by atomic mass is 10.1. The monoisotopic (exact) mass is 397 g/mol. The van der Waals surface area contributed by atoms with Crippen LogP contribution in [-0.4, -0.2) is 48.4 Å². The van der Waals surface area contributed by atoms with Gasteiger partial charge in [0.25, 0.3) is 11.8 Å². The van der Waals surface area contributed by atoms with Crippen LogP contribution in [0.4, 0.5) is 5.69 Å². The lowest BCUT2D eigenvalue weighted by Gasteiger charge is -2.35. The van der Waals surface area contributed by atoms with E-state index >= 15 is 0 Å². The van der Waals surface area contributed by atoms with E-state index in [1.165, 1.54) is 11.8 Å². The fourth-order valence-corrected chi connectivity index (χ4v) is 4.55. The molecule has 2 heterocycles. The van der Waals surface area contributed by atoms with E-state index < -0.39 is 0 Å². The third-order valence-corrected chi connectivity index (χ3v) is 6.33. The molecule has 2 aromatic carbocycles. The Morgan fingerprint density at radius 1 is 1.21 bits per heavy atom. The third kappa shape index (κ3) is 4.06. The first-order valence-corrected chi connectivity index (χ1v) is 10.3. The summed E-state index contributed by atoms with van der Waals surface area (Å²) in [6.45, 7) is 4.75. The molecule has 1 fully saturated rings. The molecule has 6 nitrogen and oxygen atoms in total. The second-order valence-electron chi connectivity index (χ2n) is 6.92. The van der Waals surface area contributed by atoms with Gasteiger partial charge >= 0.3 is 0 Å². The molecule has 0 radical (unpaired) electrons. The molecule has 0 aromatic heterocycles. The van der Waals surface area contributed by atoms with Gasteiger partial charge in [-0.25, -0.2) is 0 Å². The Hall–Kier alpha value is -2.35. The number of anilines is 1. The molecular weight excluding hydrogens is 374 g/mol. The first-order valence-electron chi connectivity index (χ1n) is 9.41. The lowest BCUT2D eigenvalue weighted by molar-refractivity contribution is -0.119. The molecule has 1 saturated heterocycles. The summed E-state index contributed by atoms with van der Waals surface area (Å²) in [6.07, 6.45) is 0. The number of benzene rings is 2. The van der Waals surface area contributed by atoms with Gasteiger partial charge in [0.2, 0.25) is 0 Å². The summed E-state index contributed by atoms with van der Waals surface area (Å²) in [6, 6.07) is 15.2. The smallest absolute Gasteiger partial charge is 0.252 e. The maximum Gasteiger partial charge on any atom is 0.252 e. The van der Waals surface area contributed by atoms with Crippen molar-refractivity contribution in [3.8, 4) is 0 Å². The van der Waals surface area contributed by atoms with Crippen LogP contribution in [0.15, 0.2) is 53.4 Å². The van der Waals surface area contributed by atoms with Crippen molar-refractivity contribution in [1.29, 1.82) is 0 Å². The van der Waals surface area contributed by atoms with E-state index in [0.717, 1.165) is 23.5 Å². The van der Waals surface area contributed by atoms with Crippen LogP contribution in [0, 0.1) is 0 Å². The zero-order valence-corrected chi connectivity index (χ0v) is 16.5. The summed E-state index contributed by atoms with van der Waals surface area (Å²) < 4.78 is 5.37. The highest BCUT2D eigenvalue weighted by Gasteiger charge is 2.33. The molecule has 0 bridgehead atoms. The molecule has 0 unspecified atom stereocenters. The van der Waals surface area contributed by atoms with Crippen molar-refractivity contribution in [3.05, 3.63) is 59.7 Å². The van der Waals surface area contributed by atoms with Gasteiger partial charge in [-0.15, -0.1) is 0 Å². The average molecular weight is 398 g/mol. The predicted molar refractivity (Wildman–Crippen MR) is 109 cm³/mol. The van der Waals surface area contributed by atoms with Gasteiger partial charge in [-0.05, 0) is 30.7 Å². The minimum Gasteiger partial charge on any atom is -0.379 e. The Morgan fingerprint density at radius 2 is 1.96 bits per heavy atom. The highest BCUT2D eigenvalue weighted by atomic mass is 32.2. The van der Waals surface area contributed by atoms with Crippen LogP contribution in [0.1, 0.15) is 28.9 Å². The zero-order chi connectivity index (χ0) is 19.5. The number of carbonyl (C=O) groups excluding carboxylic acids is 2. The molecule has 2 aliphatic heterocycles. The van der Waals surface area contributed by atoms with E-state index in [9.17, 15) is 9.59 Å². The number of carbonyl (C=O) groups is 2. The molecule has 2 aliphatic rings. The molecule has 2 atom stereocenters. The molecule has 0 spiro atoms. The van der Waals surface area contributed by atoms with E-state index in [4.69, 9.17) is 4.74 Å². The lowest BCUT2D eigenvalue weighted by Crippen LogP contribution is -2.48. The normalized spacial score (nSPS) is 20.8. The number of ether oxygens (including phenoxy) is 1. The number of amides is 2. The standard InChI is InChI=1S/C21H23N3O3S/c1-14(15-5-3-2-4-6-15)22-19(25)16-7-8-18-17(13-16)23-20(26)21(28-18)24-9-11-27-12-10-24/h2-8,13-14,21H,9-12H2,1H3,(H,22,25)(H,23,26)/t14-,21+/m0/s1. The minimum absolute atomic E-state index is 0.0467. The largest absolute Gasteiger partial charge is 0.379 e. The number of morpholine rings is 1. The molecule has 4 rings (SSSR count). The molecule has 0 aliphatic carbocycles. The van der Waals surface area contributed by atoms with Gasteiger partial charge in [0.15, 0.2) is 0 Å². The van der Waals surface area contributed by atoms with Crippen molar-refractivity contribution in [3.63, 3.8) is 0 Å². The van der Waals surface area contributed by atoms with Crippen LogP contribution >= 0.6 is 11.8 Å². The maximum absolute atomic E-state index is 12.7. The van der Waals surface area contributed by atoms with Crippen LogP contribution in [0.5, 0.6) is 0 Å². The number of nitrogens with zero attached hydrogens (tertiary/aromatic N) is 1. The van der Waals surface area contributed by atoms with Crippen LogP contribution in [0.25, 0.3) is 0 Å². The summed E-state index contributed by atoms with van der Waals surface area (Å²) in [4.78, 5) is 28.3. The number of hydrogen-bond acceptors (Lipinski definition) is 5. The summed E-state index contributed by atoms with van der Waals surface area (Å²) >= 11 is 1.53. The van der Waals surface area contributed by atoms with Crippen molar-refractivity contribution in [2.45, 2.75) is 23.2 Å². The van der Waals surface area contributed by atoms with Gasteiger partial charge in [-0.3, -0.25) is 14.5 Å². The van der Waals surface area contributed by atoms with Gasteiger partial charge in [0.05, 0.1) is 24.9 Å². The Balaban J connectivity index is 1.46. The number of rotatable bonds is 4. The highest BCUT2D eigenvalue weighted by Crippen LogP contribution is 2.37. The average Bonchev–Trinajstić information content (AvgIpc) is 2.74. The molecule has 2 N–H and O–H groups in total. The fraction of sp³-hybridized carbons (Fsp3) is 0.333. The minimum atomic E-state index is -0.255. The Bertz CT molecular complexity index is 868. The molecule has 146 valence electrons. The summed E-state index contributed by atoms with van der Waals surface area (Å²) in [5.41, 5.74) is 2.28. The maximum atomic E-state index is 12.7.